The first-order chi connectivity index (χ1) is 25.8. The van der Waals surface area contributed by atoms with Crippen LogP contribution in [-0.4, -0.2) is 54.3 Å². The number of allylic oxidation sites excluding steroid dienone is 8. The number of nitrogens with one attached hydrogen (secondary N) is 1. The summed E-state index contributed by atoms with van der Waals surface area (Å²) in [6.07, 6.45) is 44.7. The van der Waals surface area contributed by atoms with Gasteiger partial charge in [0.15, 0.2) is 0 Å². The van der Waals surface area contributed by atoms with E-state index in [0.29, 0.717) is 6.42 Å². The zero-order chi connectivity index (χ0) is 38.9. The van der Waals surface area contributed by atoms with E-state index >= 15 is 0 Å². The van der Waals surface area contributed by atoms with E-state index < -0.39 is 26.5 Å². The van der Waals surface area contributed by atoms with Crippen LogP contribution in [-0.2, 0) is 27.9 Å². The van der Waals surface area contributed by atoms with Gasteiger partial charge in [0.2, 0.25) is 5.91 Å². The van der Waals surface area contributed by atoms with Crippen molar-refractivity contribution in [1.82, 2.24) is 5.32 Å². The minimum absolute atomic E-state index is 0.0751. The molecule has 0 rings (SSSR count). The Bertz CT molecular complexity index is 1010. The number of aliphatic hydroxyl groups is 1. The van der Waals surface area contributed by atoms with Crippen LogP contribution >= 0.6 is 7.82 Å². The van der Waals surface area contributed by atoms with Crippen molar-refractivity contribution in [3.63, 3.8) is 0 Å². The van der Waals surface area contributed by atoms with E-state index in [1.165, 1.54) is 70.6 Å². The lowest BCUT2D eigenvalue weighted by Gasteiger charge is -2.15. The maximum atomic E-state index is 12.1. The van der Waals surface area contributed by atoms with Crippen LogP contribution in [0.3, 0.4) is 0 Å². The standard InChI is InChI=1S/C43H78NO8P/c1-3-5-7-9-11-13-15-16-17-18-19-20-21-22-23-24-26-27-29-31-33-35-42(46)44-37-38-51-53(48,49)52-40-41(45)39-50-43(47)36-34-32-30-28-25-14-12-10-8-6-4-2/h10-13,16-17,19-20,41,45H,3-9,14-15,18,21-40H2,1-2H3,(H,44,46)(H,48,49)/b12-10-,13-11-,17-16-,20-19-. The van der Waals surface area contributed by atoms with Gasteiger partial charge in [-0.05, 0) is 70.6 Å². The van der Waals surface area contributed by atoms with Gasteiger partial charge in [-0.1, -0.05) is 146 Å². The summed E-state index contributed by atoms with van der Waals surface area (Å²) in [5.41, 5.74) is 0. The average Bonchev–Trinajstić information content (AvgIpc) is 3.14. The number of amides is 1. The van der Waals surface area contributed by atoms with Crippen LogP contribution in [0.15, 0.2) is 48.6 Å². The molecule has 0 heterocycles. The van der Waals surface area contributed by atoms with E-state index in [1.54, 1.807) is 0 Å². The molecular formula is C43H78NO8P. The minimum Gasteiger partial charge on any atom is -0.463 e. The van der Waals surface area contributed by atoms with Crippen molar-refractivity contribution in [3.05, 3.63) is 48.6 Å². The molecule has 0 aliphatic rings. The summed E-state index contributed by atoms with van der Waals surface area (Å²) in [6.45, 7) is 3.46. The molecule has 308 valence electrons. The fourth-order valence-corrected chi connectivity index (χ4v) is 6.24. The largest absolute Gasteiger partial charge is 0.472 e. The van der Waals surface area contributed by atoms with Crippen molar-refractivity contribution in [1.29, 1.82) is 0 Å². The van der Waals surface area contributed by atoms with Gasteiger partial charge >= 0.3 is 13.8 Å². The van der Waals surface area contributed by atoms with Crippen molar-refractivity contribution in [2.24, 2.45) is 0 Å². The Kier molecular flexibility index (Phi) is 38.1. The summed E-state index contributed by atoms with van der Waals surface area (Å²) >= 11 is 0. The van der Waals surface area contributed by atoms with Crippen LogP contribution in [0, 0.1) is 0 Å². The molecule has 9 nitrogen and oxygen atoms in total. The molecule has 10 heteroatoms. The maximum Gasteiger partial charge on any atom is 0.472 e. The van der Waals surface area contributed by atoms with E-state index in [1.807, 2.05) is 0 Å². The van der Waals surface area contributed by atoms with Gasteiger partial charge in [0.25, 0.3) is 0 Å². The first-order valence-electron chi connectivity index (χ1n) is 21.1. The number of phosphoric ester groups is 1. The zero-order valence-electron chi connectivity index (χ0n) is 33.7. The second kappa shape index (κ2) is 39.7. The Morgan fingerprint density at radius 2 is 1.04 bits per heavy atom. The molecule has 0 aliphatic carbocycles. The molecule has 0 spiro atoms. The smallest absolute Gasteiger partial charge is 0.463 e. The Hall–Kier alpha value is -2.03. The van der Waals surface area contributed by atoms with Crippen molar-refractivity contribution >= 4 is 19.7 Å². The van der Waals surface area contributed by atoms with E-state index in [-0.39, 0.29) is 32.1 Å². The molecule has 0 aromatic rings. The van der Waals surface area contributed by atoms with Crippen molar-refractivity contribution in [2.75, 3.05) is 26.4 Å². The first-order valence-corrected chi connectivity index (χ1v) is 22.6. The molecule has 1 amide bonds. The van der Waals surface area contributed by atoms with E-state index in [2.05, 4.69) is 67.8 Å². The zero-order valence-corrected chi connectivity index (χ0v) is 34.6. The highest BCUT2D eigenvalue weighted by Gasteiger charge is 2.23. The number of unbranched alkanes of at least 4 members (excludes halogenated alkanes) is 18. The molecule has 0 aromatic carbocycles. The predicted octanol–water partition coefficient (Wildman–Crippen LogP) is 11.5. The molecule has 53 heavy (non-hydrogen) atoms. The lowest BCUT2D eigenvalue weighted by molar-refractivity contribution is -0.147. The van der Waals surface area contributed by atoms with Gasteiger partial charge in [0, 0.05) is 19.4 Å². The fourth-order valence-electron chi connectivity index (χ4n) is 5.48. The molecule has 0 aromatic heterocycles. The molecule has 0 saturated carbocycles. The molecular weight excluding hydrogens is 689 g/mol. The highest BCUT2D eigenvalue weighted by molar-refractivity contribution is 7.47. The number of hydrogen-bond donors (Lipinski definition) is 3. The molecule has 0 radical (unpaired) electrons. The van der Waals surface area contributed by atoms with Gasteiger partial charge in [-0.2, -0.15) is 0 Å². The molecule has 3 N–H and O–H groups in total. The van der Waals surface area contributed by atoms with Crippen molar-refractivity contribution in [3.8, 4) is 0 Å². The van der Waals surface area contributed by atoms with Crippen molar-refractivity contribution in [2.45, 2.75) is 187 Å². The summed E-state index contributed by atoms with van der Waals surface area (Å²) in [5.74, 6) is -0.536. The highest BCUT2D eigenvalue weighted by atomic mass is 31.2. The molecule has 2 unspecified atom stereocenters. The third-order valence-electron chi connectivity index (χ3n) is 8.73. The van der Waals surface area contributed by atoms with E-state index in [9.17, 15) is 24.2 Å². The summed E-state index contributed by atoms with van der Waals surface area (Å²) in [4.78, 5) is 33.8. The maximum absolute atomic E-state index is 12.1. The summed E-state index contributed by atoms with van der Waals surface area (Å²) in [5, 5.41) is 12.7. The number of hydrogen-bond acceptors (Lipinski definition) is 7. The molecule has 0 fully saturated rings. The van der Waals surface area contributed by atoms with Crippen LogP contribution in [0.4, 0.5) is 0 Å². The number of ether oxygens (including phenoxy) is 1. The normalized spacial score (nSPS) is 13.8. The van der Waals surface area contributed by atoms with Crippen molar-refractivity contribution < 1.29 is 37.9 Å². The van der Waals surface area contributed by atoms with Crippen LogP contribution in [0.25, 0.3) is 0 Å². The third kappa shape index (κ3) is 41.0. The molecule has 0 bridgehead atoms. The second-order valence-corrected chi connectivity index (χ2v) is 15.4. The summed E-state index contributed by atoms with van der Waals surface area (Å²) < 4.78 is 26.8. The summed E-state index contributed by atoms with van der Waals surface area (Å²) in [6, 6.07) is 0. The number of rotatable bonds is 39. The Morgan fingerprint density at radius 1 is 0.585 bits per heavy atom. The predicted molar refractivity (Wildman–Crippen MR) is 220 cm³/mol. The second-order valence-electron chi connectivity index (χ2n) is 14.0. The van der Waals surface area contributed by atoms with Gasteiger partial charge in [-0.25, -0.2) is 4.57 Å². The highest BCUT2D eigenvalue weighted by Crippen LogP contribution is 2.42. The Morgan fingerprint density at radius 3 is 1.60 bits per heavy atom. The van der Waals surface area contributed by atoms with E-state index in [4.69, 9.17) is 13.8 Å². The van der Waals surface area contributed by atoms with Crippen LogP contribution in [0.5, 0.6) is 0 Å². The number of esters is 1. The van der Waals surface area contributed by atoms with Crippen LogP contribution in [0.1, 0.15) is 181 Å². The lowest BCUT2D eigenvalue weighted by Crippen LogP contribution is -2.27. The quantitative estimate of drug-likeness (QED) is 0.0244. The number of phosphoric acid groups is 1. The SMILES string of the molecule is CCCC/C=C\CCCCCCCC(=O)OCC(O)COP(=O)(O)OCCNC(=O)CCCCCCCCCC/C=C\C/C=C\C/C=C\CCCCC. The van der Waals surface area contributed by atoms with Gasteiger partial charge in [0.05, 0.1) is 13.2 Å². The Balaban J connectivity index is 3.61. The molecule has 2 atom stereocenters. The molecule has 0 saturated heterocycles. The number of aliphatic hydroxyl groups excluding tert-OH is 1. The minimum atomic E-state index is -4.42. The lowest BCUT2D eigenvalue weighted by atomic mass is 10.1. The van der Waals surface area contributed by atoms with Gasteiger partial charge in [-0.3, -0.25) is 18.6 Å². The first kappa shape index (κ1) is 51.0. The monoisotopic (exact) mass is 768 g/mol. The topological polar surface area (TPSA) is 131 Å². The van der Waals surface area contributed by atoms with Gasteiger partial charge in [0.1, 0.15) is 12.7 Å². The van der Waals surface area contributed by atoms with Gasteiger partial charge < -0.3 is 20.1 Å². The summed E-state index contributed by atoms with van der Waals surface area (Å²) in [7, 11) is -4.42. The number of carbonyl (C=O) groups is 2. The van der Waals surface area contributed by atoms with Gasteiger partial charge in [-0.15, -0.1) is 0 Å². The van der Waals surface area contributed by atoms with E-state index in [0.717, 1.165) is 83.5 Å². The van der Waals surface area contributed by atoms with Crippen LogP contribution in [0.2, 0.25) is 0 Å². The Labute approximate surface area is 324 Å². The third-order valence-corrected chi connectivity index (χ3v) is 9.72. The average molecular weight is 768 g/mol. The fraction of sp³-hybridized carbons (Fsp3) is 0.767. The number of carbonyl (C=O) groups excluding carboxylic acids is 2. The van der Waals surface area contributed by atoms with Crippen LogP contribution < -0.4 is 5.32 Å². The molecule has 0 aliphatic heterocycles.